The molecule has 1 N–H and O–H groups in total. The van der Waals surface area contributed by atoms with Crippen molar-refractivity contribution in [3.8, 4) is 0 Å². The van der Waals surface area contributed by atoms with E-state index in [0.29, 0.717) is 0 Å². The number of nitrogens with one attached hydrogen (secondary N) is 1. The molecule has 0 aliphatic heterocycles. The maximum atomic E-state index is 4.24. The largest absolute Gasteiger partial charge is 0.312 e. The zero-order valence-corrected chi connectivity index (χ0v) is 14.2. The van der Waals surface area contributed by atoms with Gasteiger partial charge in [0, 0.05) is 18.8 Å². The van der Waals surface area contributed by atoms with Crippen LogP contribution in [0.25, 0.3) is 0 Å². The van der Waals surface area contributed by atoms with Crippen molar-refractivity contribution in [2.45, 2.75) is 58.9 Å². The zero-order valence-electron chi connectivity index (χ0n) is 13.3. The first-order valence-electron chi connectivity index (χ1n) is 7.11. The molecule has 0 aliphatic rings. The van der Waals surface area contributed by atoms with Gasteiger partial charge in [-0.2, -0.15) is 12.6 Å². The Labute approximate surface area is 124 Å². The van der Waals surface area contributed by atoms with Gasteiger partial charge in [-0.1, -0.05) is 59.7 Å². The van der Waals surface area contributed by atoms with Crippen LogP contribution in [0.5, 0.6) is 0 Å². The standard InChI is InChI=1S/C17H29NS/c1-16(2,3)14-9-13(12-18-7-8-19)10-15(11-14)17(4,5)6/h9-11,18-19H,7-8,12H2,1-6H3. The third kappa shape index (κ3) is 5.19. The third-order valence-corrected chi connectivity index (χ3v) is 3.57. The highest BCUT2D eigenvalue weighted by atomic mass is 32.1. The van der Waals surface area contributed by atoms with Crippen molar-refractivity contribution in [1.29, 1.82) is 0 Å². The summed E-state index contributed by atoms with van der Waals surface area (Å²) in [6, 6.07) is 7.03. The molecule has 1 nitrogen and oxygen atoms in total. The summed E-state index contributed by atoms with van der Waals surface area (Å²) < 4.78 is 0. The Bertz CT molecular complexity index is 378. The minimum absolute atomic E-state index is 0.194. The van der Waals surface area contributed by atoms with E-state index in [1.807, 2.05) is 0 Å². The molecule has 0 bridgehead atoms. The van der Waals surface area contributed by atoms with Crippen LogP contribution in [0, 0.1) is 0 Å². The molecular formula is C17H29NS. The Morgan fingerprint density at radius 1 is 0.895 bits per heavy atom. The molecule has 1 aromatic rings. The van der Waals surface area contributed by atoms with Gasteiger partial charge in [0.2, 0.25) is 0 Å². The fourth-order valence-corrected chi connectivity index (χ4v) is 2.13. The van der Waals surface area contributed by atoms with E-state index in [1.165, 1.54) is 16.7 Å². The van der Waals surface area contributed by atoms with E-state index in [0.717, 1.165) is 18.8 Å². The molecule has 0 fully saturated rings. The van der Waals surface area contributed by atoms with Crippen LogP contribution in [0.4, 0.5) is 0 Å². The fraction of sp³-hybridized carbons (Fsp3) is 0.647. The van der Waals surface area contributed by atoms with Crippen molar-refractivity contribution >= 4 is 12.6 Å². The summed E-state index contributed by atoms with van der Waals surface area (Å²) in [7, 11) is 0. The maximum absolute atomic E-state index is 4.24. The smallest absolute Gasteiger partial charge is 0.0206 e. The highest BCUT2D eigenvalue weighted by Crippen LogP contribution is 2.30. The van der Waals surface area contributed by atoms with Crippen molar-refractivity contribution in [2.24, 2.45) is 0 Å². The van der Waals surface area contributed by atoms with E-state index in [9.17, 15) is 0 Å². The van der Waals surface area contributed by atoms with Gasteiger partial charge >= 0.3 is 0 Å². The normalized spacial score (nSPS) is 12.8. The number of rotatable bonds is 4. The van der Waals surface area contributed by atoms with Crippen molar-refractivity contribution in [3.05, 3.63) is 34.9 Å². The van der Waals surface area contributed by atoms with Crippen LogP contribution in [0.2, 0.25) is 0 Å². The SMILES string of the molecule is CC(C)(C)c1cc(CNCCS)cc(C(C)(C)C)c1. The predicted octanol–water partition coefficient (Wildman–Crippen LogP) is 4.30. The minimum atomic E-state index is 0.194. The Morgan fingerprint density at radius 3 is 1.74 bits per heavy atom. The van der Waals surface area contributed by atoms with E-state index >= 15 is 0 Å². The number of hydrogen-bond acceptors (Lipinski definition) is 2. The molecule has 0 saturated heterocycles. The Morgan fingerprint density at radius 2 is 1.37 bits per heavy atom. The summed E-state index contributed by atoms with van der Waals surface area (Å²) in [4.78, 5) is 0. The molecule has 19 heavy (non-hydrogen) atoms. The second kappa shape index (κ2) is 6.32. The summed E-state index contributed by atoms with van der Waals surface area (Å²) in [5.41, 5.74) is 4.60. The van der Waals surface area contributed by atoms with E-state index < -0.39 is 0 Å². The zero-order chi connectivity index (χ0) is 14.7. The molecule has 108 valence electrons. The molecule has 1 rings (SSSR count). The summed E-state index contributed by atoms with van der Waals surface area (Å²) in [6.45, 7) is 15.5. The van der Waals surface area contributed by atoms with E-state index in [2.05, 4.69) is 77.7 Å². The molecule has 0 heterocycles. The highest BCUT2D eigenvalue weighted by Gasteiger charge is 2.20. The van der Waals surface area contributed by atoms with Crippen molar-refractivity contribution in [2.75, 3.05) is 12.3 Å². The monoisotopic (exact) mass is 279 g/mol. The Hall–Kier alpha value is -0.470. The Kier molecular flexibility index (Phi) is 5.52. The molecule has 0 aliphatic carbocycles. The second-order valence-corrected chi connectivity index (χ2v) is 7.77. The van der Waals surface area contributed by atoms with Crippen LogP contribution in [-0.2, 0) is 17.4 Å². The number of thiol groups is 1. The molecule has 0 aromatic heterocycles. The van der Waals surface area contributed by atoms with Gasteiger partial charge in [-0.05, 0) is 27.5 Å². The van der Waals surface area contributed by atoms with Crippen LogP contribution < -0.4 is 5.32 Å². The lowest BCUT2D eigenvalue weighted by atomic mass is 9.79. The van der Waals surface area contributed by atoms with Gasteiger partial charge in [-0.15, -0.1) is 0 Å². The van der Waals surface area contributed by atoms with E-state index in [4.69, 9.17) is 0 Å². The first-order valence-corrected chi connectivity index (χ1v) is 7.74. The van der Waals surface area contributed by atoms with Gasteiger partial charge in [0.25, 0.3) is 0 Å². The molecule has 0 saturated carbocycles. The summed E-state index contributed by atoms with van der Waals surface area (Å²) in [6.07, 6.45) is 0. The summed E-state index contributed by atoms with van der Waals surface area (Å²) in [5.74, 6) is 0.880. The third-order valence-electron chi connectivity index (χ3n) is 3.34. The van der Waals surface area contributed by atoms with Gasteiger partial charge in [0.15, 0.2) is 0 Å². The lowest BCUT2D eigenvalue weighted by molar-refractivity contribution is 0.565. The average molecular weight is 279 g/mol. The summed E-state index contributed by atoms with van der Waals surface area (Å²) in [5, 5.41) is 3.43. The van der Waals surface area contributed by atoms with Crippen LogP contribution in [0.1, 0.15) is 58.2 Å². The maximum Gasteiger partial charge on any atom is 0.0206 e. The van der Waals surface area contributed by atoms with Crippen LogP contribution in [0.15, 0.2) is 18.2 Å². The molecule has 0 atom stereocenters. The molecule has 1 aromatic carbocycles. The lowest BCUT2D eigenvalue weighted by Crippen LogP contribution is -2.20. The molecule has 0 unspecified atom stereocenters. The molecular weight excluding hydrogens is 250 g/mol. The van der Waals surface area contributed by atoms with Gasteiger partial charge < -0.3 is 5.32 Å². The van der Waals surface area contributed by atoms with E-state index in [1.54, 1.807) is 0 Å². The Balaban J connectivity index is 3.10. The molecule has 0 amide bonds. The first kappa shape index (κ1) is 16.6. The highest BCUT2D eigenvalue weighted by molar-refractivity contribution is 7.80. The number of benzene rings is 1. The average Bonchev–Trinajstić information content (AvgIpc) is 2.27. The van der Waals surface area contributed by atoms with Crippen molar-refractivity contribution < 1.29 is 0 Å². The van der Waals surface area contributed by atoms with Gasteiger partial charge in [-0.3, -0.25) is 0 Å². The first-order chi connectivity index (χ1) is 8.64. The van der Waals surface area contributed by atoms with Crippen molar-refractivity contribution in [3.63, 3.8) is 0 Å². The van der Waals surface area contributed by atoms with Gasteiger partial charge in [0.1, 0.15) is 0 Å². The molecule has 0 spiro atoms. The van der Waals surface area contributed by atoms with Crippen LogP contribution >= 0.6 is 12.6 Å². The lowest BCUT2D eigenvalue weighted by Gasteiger charge is -2.26. The fourth-order valence-electron chi connectivity index (χ4n) is 1.97. The quantitative estimate of drug-likeness (QED) is 0.618. The topological polar surface area (TPSA) is 12.0 Å². The summed E-state index contributed by atoms with van der Waals surface area (Å²) >= 11 is 4.24. The van der Waals surface area contributed by atoms with Crippen LogP contribution in [0.3, 0.4) is 0 Å². The van der Waals surface area contributed by atoms with Gasteiger partial charge in [-0.25, -0.2) is 0 Å². The predicted molar refractivity (Wildman–Crippen MR) is 89.4 cm³/mol. The minimum Gasteiger partial charge on any atom is -0.312 e. The van der Waals surface area contributed by atoms with E-state index in [-0.39, 0.29) is 10.8 Å². The molecule has 0 radical (unpaired) electrons. The van der Waals surface area contributed by atoms with Crippen LogP contribution in [-0.4, -0.2) is 12.3 Å². The van der Waals surface area contributed by atoms with Crippen molar-refractivity contribution in [1.82, 2.24) is 5.32 Å². The van der Waals surface area contributed by atoms with Gasteiger partial charge in [0.05, 0.1) is 0 Å². The second-order valence-electron chi connectivity index (χ2n) is 7.32. The molecule has 2 heteroatoms. The number of hydrogen-bond donors (Lipinski definition) is 2.